The molecule has 0 bridgehead atoms. The number of piperazine rings is 1. The number of anilines is 1. The average Bonchev–Trinajstić information content (AvgIpc) is 2.46. The largest absolute Gasteiger partial charge is 0.363 e. The highest BCUT2D eigenvalue weighted by molar-refractivity contribution is 5.99. The summed E-state index contributed by atoms with van der Waals surface area (Å²) >= 11 is 0. The van der Waals surface area contributed by atoms with Gasteiger partial charge in [0.25, 0.3) is 5.69 Å². The van der Waals surface area contributed by atoms with Crippen LogP contribution < -0.4 is 10.2 Å². The van der Waals surface area contributed by atoms with Crippen LogP contribution in [0.1, 0.15) is 13.8 Å². The summed E-state index contributed by atoms with van der Waals surface area (Å²) in [5.41, 5.74) is 1.10. The Hall–Kier alpha value is -2.21. The monoisotopic (exact) mass is 286 g/mol. The van der Waals surface area contributed by atoms with E-state index in [1.54, 1.807) is 18.5 Å². The van der Waals surface area contributed by atoms with Crippen molar-refractivity contribution >= 4 is 22.1 Å². The SMILES string of the molecule is CC1(C)CNCCN1c1ccc([N+](=O)[O-])c2cnccc12. The first-order valence-electron chi connectivity index (χ1n) is 7.00. The fourth-order valence-electron chi connectivity index (χ4n) is 2.98. The van der Waals surface area contributed by atoms with E-state index in [1.807, 2.05) is 12.1 Å². The zero-order valence-electron chi connectivity index (χ0n) is 12.2. The highest BCUT2D eigenvalue weighted by Gasteiger charge is 2.31. The van der Waals surface area contributed by atoms with Crippen molar-refractivity contribution in [3.63, 3.8) is 0 Å². The van der Waals surface area contributed by atoms with Gasteiger partial charge >= 0.3 is 0 Å². The van der Waals surface area contributed by atoms with Crippen molar-refractivity contribution in [1.82, 2.24) is 10.3 Å². The molecule has 1 aliphatic rings. The molecule has 1 N–H and O–H groups in total. The van der Waals surface area contributed by atoms with E-state index >= 15 is 0 Å². The standard InChI is InChI=1S/C15H18N4O2/c1-15(2)10-17-7-8-18(15)13-3-4-14(19(20)21)12-9-16-6-5-11(12)13/h3-6,9,17H,7-8,10H2,1-2H3. The summed E-state index contributed by atoms with van der Waals surface area (Å²) in [6.07, 6.45) is 3.26. The van der Waals surface area contributed by atoms with Gasteiger partial charge in [0.1, 0.15) is 0 Å². The second-order valence-corrected chi connectivity index (χ2v) is 5.92. The van der Waals surface area contributed by atoms with E-state index in [2.05, 4.69) is 29.0 Å². The van der Waals surface area contributed by atoms with Gasteiger partial charge in [0.15, 0.2) is 0 Å². The Morgan fingerprint density at radius 1 is 1.33 bits per heavy atom. The minimum Gasteiger partial charge on any atom is -0.363 e. The summed E-state index contributed by atoms with van der Waals surface area (Å²) in [4.78, 5) is 17.2. The van der Waals surface area contributed by atoms with E-state index in [4.69, 9.17) is 0 Å². The Labute approximate surface area is 122 Å². The topological polar surface area (TPSA) is 71.3 Å². The average molecular weight is 286 g/mol. The van der Waals surface area contributed by atoms with Gasteiger partial charge in [-0.3, -0.25) is 15.1 Å². The van der Waals surface area contributed by atoms with E-state index in [-0.39, 0.29) is 16.1 Å². The molecule has 0 atom stereocenters. The van der Waals surface area contributed by atoms with Gasteiger partial charge in [0, 0.05) is 54.7 Å². The molecule has 1 aromatic carbocycles. The van der Waals surface area contributed by atoms with Crippen molar-refractivity contribution in [2.75, 3.05) is 24.5 Å². The normalized spacial score (nSPS) is 17.9. The number of aromatic nitrogens is 1. The van der Waals surface area contributed by atoms with Crippen molar-refractivity contribution in [2.45, 2.75) is 19.4 Å². The first-order chi connectivity index (χ1) is 10.0. The van der Waals surface area contributed by atoms with Gasteiger partial charge in [0.05, 0.1) is 10.3 Å². The molecule has 0 saturated carbocycles. The minimum atomic E-state index is -0.351. The maximum atomic E-state index is 11.2. The lowest BCUT2D eigenvalue weighted by Gasteiger charge is -2.45. The minimum absolute atomic E-state index is 0.0371. The Kier molecular flexibility index (Phi) is 3.25. The first kappa shape index (κ1) is 13.8. The van der Waals surface area contributed by atoms with E-state index in [0.29, 0.717) is 5.39 Å². The molecule has 6 nitrogen and oxygen atoms in total. The second kappa shape index (κ2) is 4.96. The van der Waals surface area contributed by atoms with Gasteiger partial charge in [-0.1, -0.05) is 0 Å². The van der Waals surface area contributed by atoms with Crippen LogP contribution in [0.15, 0.2) is 30.6 Å². The fraction of sp³-hybridized carbons (Fsp3) is 0.400. The zero-order chi connectivity index (χ0) is 15.0. The predicted molar refractivity (Wildman–Crippen MR) is 82.7 cm³/mol. The molecule has 1 saturated heterocycles. The molecule has 1 aromatic heterocycles. The lowest BCUT2D eigenvalue weighted by atomic mass is 9.97. The van der Waals surface area contributed by atoms with Crippen molar-refractivity contribution < 1.29 is 4.92 Å². The molecule has 0 aliphatic carbocycles. The number of benzene rings is 1. The molecule has 3 rings (SSSR count). The third-order valence-electron chi connectivity index (χ3n) is 4.06. The van der Waals surface area contributed by atoms with Crippen LogP contribution >= 0.6 is 0 Å². The molecule has 6 heteroatoms. The predicted octanol–water partition coefficient (Wildman–Crippen LogP) is 2.33. The van der Waals surface area contributed by atoms with Gasteiger partial charge in [-0.15, -0.1) is 0 Å². The van der Waals surface area contributed by atoms with Crippen LogP contribution in [0.2, 0.25) is 0 Å². The molecule has 2 aromatic rings. The van der Waals surface area contributed by atoms with E-state index in [0.717, 1.165) is 30.7 Å². The number of nitro groups is 1. The number of non-ortho nitro benzene ring substituents is 1. The van der Waals surface area contributed by atoms with Crippen LogP contribution in [-0.2, 0) is 0 Å². The fourth-order valence-corrected chi connectivity index (χ4v) is 2.98. The van der Waals surface area contributed by atoms with Gasteiger partial charge in [0.2, 0.25) is 0 Å². The third-order valence-corrected chi connectivity index (χ3v) is 4.06. The van der Waals surface area contributed by atoms with E-state index < -0.39 is 0 Å². The summed E-state index contributed by atoms with van der Waals surface area (Å²) in [6.45, 7) is 7.02. The van der Waals surface area contributed by atoms with Gasteiger partial charge in [-0.05, 0) is 26.0 Å². The maximum Gasteiger partial charge on any atom is 0.278 e. The molecular formula is C15H18N4O2. The molecule has 2 heterocycles. The van der Waals surface area contributed by atoms with Crippen molar-refractivity contribution in [3.8, 4) is 0 Å². The summed E-state index contributed by atoms with van der Waals surface area (Å²) in [7, 11) is 0. The molecule has 1 aliphatic heterocycles. The van der Waals surface area contributed by atoms with Crippen molar-refractivity contribution in [2.24, 2.45) is 0 Å². The molecular weight excluding hydrogens is 268 g/mol. The zero-order valence-corrected chi connectivity index (χ0v) is 12.2. The summed E-state index contributed by atoms with van der Waals surface area (Å²) in [6, 6.07) is 5.29. The van der Waals surface area contributed by atoms with Gasteiger partial charge < -0.3 is 10.2 Å². The molecule has 0 amide bonds. The highest BCUT2D eigenvalue weighted by atomic mass is 16.6. The molecule has 0 spiro atoms. The number of hydrogen-bond acceptors (Lipinski definition) is 5. The molecule has 0 unspecified atom stereocenters. The van der Waals surface area contributed by atoms with Crippen LogP contribution in [0, 0.1) is 10.1 Å². The van der Waals surface area contributed by atoms with Crippen molar-refractivity contribution in [1.29, 1.82) is 0 Å². The van der Waals surface area contributed by atoms with Gasteiger partial charge in [-0.2, -0.15) is 0 Å². The van der Waals surface area contributed by atoms with E-state index in [1.165, 1.54) is 0 Å². The molecule has 110 valence electrons. The maximum absolute atomic E-state index is 11.2. The van der Waals surface area contributed by atoms with Crippen LogP contribution in [-0.4, -0.2) is 35.1 Å². The van der Waals surface area contributed by atoms with Crippen molar-refractivity contribution in [3.05, 3.63) is 40.7 Å². The Bertz CT molecular complexity index is 699. The number of pyridine rings is 1. The van der Waals surface area contributed by atoms with Crippen LogP contribution in [0.4, 0.5) is 11.4 Å². The summed E-state index contributed by atoms with van der Waals surface area (Å²) in [5.74, 6) is 0. The Morgan fingerprint density at radius 3 is 2.86 bits per heavy atom. The Balaban J connectivity index is 2.20. The van der Waals surface area contributed by atoms with E-state index in [9.17, 15) is 10.1 Å². The van der Waals surface area contributed by atoms with Crippen LogP contribution in [0.25, 0.3) is 10.8 Å². The number of nitro benzene ring substituents is 1. The second-order valence-electron chi connectivity index (χ2n) is 5.92. The molecule has 21 heavy (non-hydrogen) atoms. The number of rotatable bonds is 2. The first-order valence-corrected chi connectivity index (χ1v) is 7.00. The smallest absolute Gasteiger partial charge is 0.278 e. The summed E-state index contributed by atoms with van der Waals surface area (Å²) < 4.78 is 0. The number of nitrogens with one attached hydrogen (secondary N) is 1. The highest BCUT2D eigenvalue weighted by Crippen LogP contribution is 2.36. The quantitative estimate of drug-likeness (QED) is 0.677. The lowest BCUT2D eigenvalue weighted by Crippen LogP contribution is -2.58. The Morgan fingerprint density at radius 2 is 2.14 bits per heavy atom. The lowest BCUT2D eigenvalue weighted by molar-refractivity contribution is -0.383. The molecule has 1 fully saturated rings. The molecule has 0 radical (unpaired) electrons. The number of hydrogen-bond donors (Lipinski definition) is 1. The number of nitrogens with zero attached hydrogens (tertiary/aromatic N) is 3. The number of fused-ring (bicyclic) bond motifs is 1. The van der Waals surface area contributed by atoms with Crippen LogP contribution in [0.3, 0.4) is 0 Å². The van der Waals surface area contributed by atoms with Crippen LogP contribution in [0.5, 0.6) is 0 Å². The third kappa shape index (κ3) is 2.31. The van der Waals surface area contributed by atoms with Gasteiger partial charge in [-0.25, -0.2) is 0 Å². The summed E-state index contributed by atoms with van der Waals surface area (Å²) in [5, 5.41) is 16.0.